The van der Waals surface area contributed by atoms with Crippen molar-refractivity contribution >= 4 is 12.0 Å². The molecule has 110 valence electrons. The molecule has 0 spiro atoms. The number of nitrogens with zero attached hydrogens (tertiary/aromatic N) is 1. The van der Waals surface area contributed by atoms with Crippen LogP contribution in [0.2, 0.25) is 0 Å². The summed E-state index contributed by atoms with van der Waals surface area (Å²) in [6.07, 6.45) is 3.19. The van der Waals surface area contributed by atoms with Crippen molar-refractivity contribution in [2.45, 2.75) is 52.5 Å². The van der Waals surface area contributed by atoms with Crippen molar-refractivity contribution in [1.29, 1.82) is 0 Å². The second-order valence-corrected chi connectivity index (χ2v) is 6.19. The van der Waals surface area contributed by atoms with Crippen molar-refractivity contribution < 1.29 is 14.7 Å². The molecule has 5 nitrogen and oxygen atoms in total. The van der Waals surface area contributed by atoms with Gasteiger partial charge in [0.2, 0.25) is 0 Å². The summed E-state index contributed by atoms with van der Waals surface area (Å²) >= 11 is 0. The Morgan fingerprint density at radius 3 is 2.26 bits per heavy atom. The van der Waals surface area contributed by atoms with Gasteiger partial charge in [0.05, 0.1) is 5.41 Å². The van der Waals surface area contributed by atoms with Crippen molar-refractivity contribution in [2.24, 2.45) is 11.3 Å². The largest absolute Gasteiger partial charge is 0.481 e. The van der Waals surface area contributed by atoms with Gasteiger partial charge in [-0.1, -0.05) is 20.3 Å². The maximum atomic E-state index is 12.0. The van der Waals surface area contributed by atoms with E-state index in [1.807, 2.05) is 6.92 Å². The number of hydrogen-bond acceptors (Lipinski definition) is 2. The Bertz CT molecular complexity index is 338. The van der Waals surface area contributed by atoms with E-state index in [0.717, 1.165) is 12.8 Å². The minimum absolute atomic E-state index is 0.155. The summed E-state index contributed by atoms with van der Waals surface area (Å²) in [4.78, 5) is 24.9. The standard InChI is InChI=1S/C14H26N2O3/c1-10(2)8-11(3)16(4)13(19)15-9-14(12(17)18)6-5-7-14/h10-11H,5-9H2,1-4H3,(H,15,19)(H,17,18). The van der Waals surface area contributed by atoms with Crippen LogP contribution in [0.1, 0.15) is 46.5 Å². The zero-order chi connectivity index (χ0) is 14.6. The first kappa shape index (κ1) is 15.8. The number of rotatable bonds is 6. The van der Waals surface area contributed by atoms with Crippen molar-refractivity contribution in [3.8, 4) is 0 Å². The van der Waals surface area contributed by atoms with E-state index in [4.69, 9.17) is 0 Å². The fraction of sp³-hybridized carbons (Fsp3) is 0.857. The predicted octanol–water partition coefficient (Wildman–Crippen LogP) is 2.32. The first-order valence-electron chi connectivity index (χ1n) is 7.02. The van der Waals surface area contributed by atoms with Crippen LogP contribution in [0.4, 0.5) is 4.79 Å². The molecule has 1 rings (SSSR count). The van der Waals surface area contributed by atoms with Crippen molar-refractivity contribution in [3.63, 3.8) is 0 Å². The Morgan fingerprint density at radius 2 is 1.89 bits per heavy atom. The lowest BCUT2D eigenvalue weighted by molar-refractivity contribution is -0.153. The lowest BCUT2D eigenvalue weighted by Gasteiger charge is -2.38. The zero-order valence-corrected chi connectivity index (χ0v) is 12.4. The van der Waals surface area contributed by atoms with Gasteiger partial charge in [-0.05, 0) is 32.1 Å². The van der Waals surface area contributed by atoms with Crippen molar-refractivity contribution in [3.05, 3.63) is 0 Å². The molecule has 1 aliphatic rings. The second kappa shape index (κ2) is 6.26. The SMILES string of the molecule is CC(C)CC(C)N(C)C(=O)NCC1(C(=O)O)CCC1. The fourth-order valence-electron chi connectivity index (χ4n) is 2.48. The minimum atomic E-state index is -0.795. The first-order chi connectivity index (χ1) is 8.78. The number of amides is 2. The van der Waals surface area contributed by atoms with E-state index in [1.54, 1.807) is 11.9 Å². The van der Waals surface area contributed by atoms with Gasteiger partial charge in [0.25, 0.3) is 0 Å². The average molecular weight is 270 g/mol. The molecule has 0 aromatic carbocycles. The number of aliphatic carboxylic acids is 1. The molecule has 19 heavy (non-hydrogen) atoms. The molecular formula is C14H26N2O3. The van der Waals surface area contributed by atoms with Gasteiger partial charge in [0.1, 0.15) is 0 Å². The summed E-state index contributed by atoms with van der Waals surface area (Å²) in [6, 6.07) is -0.0251. The molecule has 0 aromatic heterocycles. The number of hydrogen-bond donors (Lipinski definition) is 2. The smallest absolute Gasteiger partial charge is 0.317 e. The molecule has 0 aromatic rings. The highest BCUT2D eigenvalue weighted by atomic mass is 16.4. The number of carbonyl (C=O) groups is 2. The molecule has 2 N–H and O–H groups in total. The molecule has 1 saturated carbocycles. The Kier molecular flexibility index (Phi) is 5.20. The molecule has 1 fully saturated rings. The van der Waals surface area contributed by atoms with Crippen LogP contribution in [-0.2, 0) is 4.79 Å². The number of nitrogens with one attached hydrogen (secondary N) is 1. The summed E-state index contributed by atoms with van der Waals surface area (Å²) in [5.74, 6) is -0.265. The first-order valence-corrected chi connectivity index (χ1v) is 7.02. The van der Waals surface area contributed by atoms with Gasteiger partial charge < -0.3 is 15.3 Å². The maximum absolute atomic E-state index is 12.0. The van der Waals surface area contributed by atoms with E-state index < -0.39 is 11.4 Å². The van der Waals surface area contributed by atoms with Crippen LogP contribution in [0.5, 0.6) is 0 Å². The quantitative estimate of drug-likeness (QED) is 0.778. The van der Waals surface area contributed by atoms with Crippen LogP contribution in [-0.4, -0.2) is 41.6 Å². The maximum Gasteiger partial charge on any atom is 0.317 e. The zero-order valence-electron chi connectivity index (χ0n) is 12.4. The molecule has 1 unspecified atom stereocenters. The van der Waals surface area contributed by atoms with Gasteiger partial charge in [-0.3, -0.25) is 4.79 Å². The molecule has 0 aliphatic heterocycles. The Hall–Kier alpha value is -1.26. The number of carbonyl (C=O) groups excluding carboxylic acids is 1. The molecule has 1 atom stereocenters. The molecule has 0 saturated heterocycles. The van der Waals surface area contributed by atoms with E-state index in [9.17, 15) is 14.7 Å². The molecular weight excluding hydrogens is 244 g/mol. The van der Waals surface area contributed by atoms with E-state index in [0.29, 0.717) is 18.8 Å². The summed E-state index contributed by atoms with van der Waals surface area (Å²) < 4.78 is 0. The van der Waals surface area contributed by atoms with Crippen LogP contribution in [0.15, 0.2) is 0 Å². The highest BCUT2D eigenvalue weighted by Gasteiger charge is 2.44. The van der Waals surface area contributed by atoms with Crippen molar-refractivity contribution in [2.75, 3.05) is 13.6 Å². The number of carboxylic acids is 1. The van der Waals surface area contributed by atoms with Crippen LogP contribution in [0.3, 0.4) is 0 Å². The summed E-state index contributed by atoms with van der Waals surface area (Å²) in [5, 5.41) is 12.0. The van der Waals surface area contributed by atoms with E-state index in [2.05, 4.69) is 19.2 Å². The van der Waals surface area contributed by atoms with Gasteiger partial charge in [0.15, 0.2) is 0 Å². The number of carboxylic acid groups (broad SMARTS) is 1. The van der Waals surface area contributed by atoms with Crippen LogP contribution < -0.4 is 5.32 Å². The van der Waals surface area contributed by atoms with Crippen LogP contribution >= 0.6 is 0 Å². The van der Waals surface area contributed by atoms with E-state index >= 15 is 0 Å². The Labute approximate surface area is 115 Å². The third-order valence-electron chi connectivity index (χ3n) is 4.14. The second-order valence-electron chi connectivity index (χ2n) is 6.19. The number of urea groups is 1. The third kappa shape index (κ3) is 3.85. The highest BCUT2D eigenvalue weighted by Crippen LogP contribution is 2.40. The lowest BCUT2D eigenvalue weighted by Crippen LogP contribution is -2.51. The fourth-order valence-corrected chi connectivity index (χ4v) is 2.48. The normalized spacial score (nSPS) is 18.6. The van der Waals surface area contributed by atoms with Crippen LogP contribution in [0, 0.1) is 11.3 Å². The molecule has 0 bridgehead atoms. The molecule has 2 amide bonds. The minimum Gasteiger partial charge on any atom is -0.481 e. The topological polar surface area (TPSA) is 69.6 Å². The predicted molar refractivity (Wildman–Crippen MR) is 74.0 cm³/mol. The van der Waals surface area contributed by atoms with Crippen molar-refractivity contribution in [1.82, 2.24) is 10.2 Å². The summed E-state index contributed by atoms with van der Waals surface area (Å²) in [6.45, 7) is 6.49. The third-order valence-corrected chi connectivity index (χ3v) is 4.14. The molecule has 0 radical (unpaired) electrons. The average Bonchev–Trinajstić information content (AvgIpc) is 2.24. The van der Waals surface area contributed by atoms with Gasteiger partial charge in [0, 0.05) is 19.6 Å². The summed E-state index contributed by atoms with van der Waals surface area (Å²) in [7, 11) is 1.76. The van der Waals surface area contributed by atoms with E-state index in [-0.39, 0.29) is 18.6 Å². The molecule has 0 heterocycles. The lowest BCUT2D eigenvalue weighted by atomic mass is 9.69. The highest BCUT2D eigenvalue weighted by molar-refractivity contribution is 5.78. The van der Waals surface area contributed by atoms with Gasteiger partial charge >= 0.3 is 12.0 Å². The Balaban J connectivity index is 2.44. The Morgan fingerprint density at radius 1 is 1.32 bits per heavy atom. The van der Waals surface area contributed by atoms with E-state index in [1.165, 1.54) is 0 Å². The van der Waals surface area contributed by atoms with Crippen LogP contribution in [0.25, 0.3) is 0 Å². The van der Waals surface area contributed by atoms with Gasteiger partial charge in [-0.25, -0.2) is 4.79 Å². The molecule has 5 heteroatoms. The molecule has 1 aliphatic carbocycles. The van der Waals surface area contributed by atoms with Gasteiger partial charge in [-0.2, -0.15) is 0 Å². The van der Waals surface area contributed by atoms with Gasteiger partial charge in [-0.15, -0.1) is 0 Å². The summed E-state index contributed by atoms with van der Waals surface area (Å²) in [5.41, 5.74) is -0.724. The monoisotopic (exact) mass is 270 g/mol.